The summed E-state index contributed by atoms with van der Waals surface area (Å²) in [6.07, 6.45) is 4.93. The van der Waals surface area contributed by atoms with E-state index in [4.69, 9.17) is 0 Å². The average molecular weight is 419 g/mol. The first-order chi connectivity index (χ1) is 13.3. The minimum absolute atomic E-state index is 0.0286. The SMILES string of the molecule is O=c1[nH]ccc2cc(F)c(CS(=O)(=O)c3ccc(C4=CCC(O)CC4)s3)cc12. The number of fused-ring (bicyclic) bond motifs is 1. The zero-order chi connectivity index (χ0) is 19.9. The lowest BCUT2D eigenvalue weighted by atomic mass is 9.96. The molecule has 8 heteroatoms. The number of aromatic nitrogens is 1. The lowest BCUT2D eigenvalue weighted by molar-refractivity contribution is 0.166. The standard InChI is InChI=1S/C20H18FNO4S2/c21-17-10-13-7-8-22-20(24)16(13)9-14(17)11-28(25,26)19-6-5-18(27-19)12-1-3-15(23)4-2-12/h1,5-10,15,23H,2-4,11H2,(H,22,24). The number of thiophene rings is 1. The number of halogens is 1. The molecular formula is C20H18FNO4S2. The van der Waals surface area contributed by atoms with Crippen LogP contribution in [-0.2, 0) is 15.6 Å². The first-order valence-electron chi connectivity index (χ1n) is 8.83. The summed E-state index contributed by atoms with van der Waals surface area (Å²) >= 11 is 1.15. The van der Waals surface area contributed by atoms with E-state index < -0.39 is 21.4 Å². The molecule has 0 spiro atoms. The monoisotopic (exact) mass is 419 g/mol. The number of H-pyrrole nitrogens is 1. The van der Waals surface area contributed by atoms with Gasteiger partial charge in [0.1, 0.15) is 10.0 Å². The molecule has 2 heterocycles. The van der Waals surface area contributed by atoms with E-state index in [-0.39, 0.29) is 26.8 Å². The number of aromatic amines is 1. The van der Waals surface area contributed by atoms with Crippen LogP contribution in [0.4, 0.5) is 4.39 Å². The predicted octanol–water partition coefficient (Wildman–Crippen LogP) is 3.63. The molecule has 0 fully saturated rings. The number of aliphatic hydroxyl groups is 1. The highest BCUT2D eigenvalue weighted by atomic mass is 32.2. The minimum atomic E-state index is -3.76. The van der Waals surface area contributed by atoms with Crippen molar-refractivity contribution >= 4 is 37.5 Å². The first-order valence-corrected chi connectivity index (χ1v) is 11.3. The maximum absolute atomic E-state index is 14.4. The molecule has 146 valence electrons. The molecule has 1 aliphatic carbocycles. The highest BCUT2D eigenvalue weighted by Gasteiger charge is 2.22. The molecule has 2 aromatic heterocycles. The van der Waals surface area contributed by atoms with Crippen LogP contribution in [0.15, 0.2) is 51.6 Å². The van der Waals surface area contributed by atoms with Crippen molar-refractivity contribution in [2.45, 2.75) is 35.3 Å². The van der Waals surface area contributed by atoms with E-state index >= 15 is 0 Å². The van der Waals surface area contributed by atoms with Crippen LogP contribution in [0.1, 0.15) is 29.7 Å². The molecule has 4 rings (SSSR count). The third kappa shape index (κ3) is 3.67. The lowest BCUT2D eigenvalue weighted by Crippen LogP contribution is -2.09. The Bertz CT molecular complexity index is 1240. The summed E-state index contributed by atoms with van der Waals surface area (Å²) in [5, 5.41) is 10.3. The Morgan fingerprint density at radius 3 is 2.82 bits per heavy atom. The summed E-state index contributed by atoms with van der Waals surface area (Å²) in [7, 11) is -3.76. The van der Waals surface area contributed by atoms with Gasteiger partial charge in [-0.15, -0.1) is 11.3 Å². The number of hydrogen-bond acceptors (Lipinski definition) is 5. The summed E-state index contributed by atoms with van der Waals surface area (Å²) in [5.74, 6) is -1.16. The van der Waals surface area contributed by atoms with Crippen LogP contribution in [0.3, 0.4) is 0 Å². The van der Waals surface area contributed by atoms with Gasteiger partial charge in [0.25, 0.3) is 5.56 Å². The highest BCUT2D eigenvalue weighted by molar-refractivity contribution is 7.92. The molecule has 0 saturated heterocycles. The Labute approximate surface area is 165 Å². The molecule has 0 amide bonds. The van der Waals surface area contributed by atoms with Gasteiger partial charge in [-0.1, -0.05) is 6.08 Å². The summed E-state index contributed by atoms with van der Waals surface area (Å²) in [6, 6.07) is 7.35. The molecule has 1 aromatic carbocycles. The zero-order valence-corrected chi connectivity index (χ0v) is 16.4. The molecule has 0 aliphatic heterocycles. The Balaban J connectivity index is 1.65. The van der Waals surface area contributed by atoms with E-state index in [1.807, 2.05) is 6.08 Å². The van der Waals surface area contributed by atoms with Gasteiger partial charge in [0.2, 0.25) is 0 Å². The van der Waals surface area contributed by atoms with E-state index in [0.29, 0.717) is 24.6 Å². The fourth-order valence-corrected chi connectivity index (χ4v) is 6.15. The second kappa shape index (κ2) is 7.27. The third-order valence-electron chi connectivity index (χ3n) is 4.87. The topological polar surface area (TPSA) is 87.2 Å². The van der Waals surface area contributed by atoms with Gasteiger partial charge >= 0.3 is 0 Å². The van der Waals surface area contributed by atoms with Gasteiger partial charge in [-0.05, 0) is 60.6 Å². The van der Waals surface area contributed by atoms with Gasteiger partial charge < -0.3 is 10.1 Å². The van der Waals surface area contributed by atoms with Crippen LogP contribution in [-0.4, -0.2) is 24.6 Å². The van der Waals surface area contributed by atoms with Crippen LogP contribution in [0, 0.1) is 5.82 Å². The number of aliphatic hydroxyl groups excluding tert-OH is 1. The van der Waals surface area contributed by atoms with Gasteiger partial charge in [0, 0.05) is 22.0 Å². The second-order valence-electron chi connectivity index (χ2n) is 6.87. The first kappa shape index (κ1) is 19.0. The Hall–Kier alpha value is -2.29. The molecule has 0 radical (unpaired) electrons. The predicted molar refractivity (Wildman–Crippen MR) is 108 cm³/mol. The van der Waals surface area contributed by atoms with Crippen molar-refractivity contribution < 1.29 is 17.9 Å². The van der Waals surface area contributed by atoms with Crippen LogP contribution in [0.25, 0.3) is 16.3 Å². The number of rotatable bonds is 4. The summed E-state index contributed by atoms with van der Waals surface area (Å²) in [5.41, 5.74) is 0.611. The molecule has 1 aliphatic rings. The Kier molecular flexibility index (Phi) is 4.95. The quantitative estimate of drug-likeness (QED) is 0.676. The minimum Gasteiger partial charge on any atom is -0.393 e. The number of allylic oxidation sites excluding steroid dienone is 1. The number of sulfone groups is 1. The summed E-state index contributed by atoms with van der Waals surface area (Å²) in [6.45, 7) is 0. The number of hydrogen-bond donors (Lipinski definition) is 2. The molecule has 2 N–H and O–H groups in total. The van der Waals surface area contributed by atoms with Gasteiger partial charge in [-0.3, -0.25) is 4.79 Å². The van der Waals surface area contributed by atoms with Gasteiger partial charge in [0.05, 0.1) is 11.9 Å². The Morgan fingerprint density at radius 1 is 1.25 bits per heavy atom. The molecule has 0 saturated carbocycles. The van der Waals surface area contributed by atoms with Crippen molar-refractivity contribution in [2.24, 2.45) is 0 Å². The number of pyridine rings is 1. The zero-order valence-electron chi connectivity index (χ0n) is 14.8. The maximum Gasteiger partial charge on any atom is 0.255 e. The van der Waals surface area contributed by atoms with Crippen LogP contribution in [0.2, 0.25) is 0 Å². The van der Waals surface area contributed by atoms with E-state index in [1.165, 1.54) is 24.4 Å². The molecule has 3 aromatic rings. The van der Waals surface area contributed by atoms with Crippen molar-refractivity contribution in [1.82, 2.24) is 4.98 Å². The molecule has 5 nitrogen and oxygen atoms in total. The third-order valence-corrected chi connectivity index (χ3v) is 8.28. The molecule has 1 atom stereocenters. The molecule has 28 heavy (non-hydrogen) atoms. The summed E-state index contributed by atoms with van der Waals surface area (Å²) < 4.78 is 40.2. The molecular weight excluding hydrogens is 401 g/mol. The largest absolute Gasteiger partial charge is 0.393 e. The number of nitrogens with one attached hydrogen (secondary N) is 1. The normalized spacial score (nSPS) is 17.6. The summed E-state index contributed by atoms with van der Waals surface area (Å²) in [4.78, 5) is 15.3. The van der Waals surface area contributed by atoms with Crippen molar-refractivity contribution in [3.8, 4) is 0 Å². The van der Waals surface area contributed by atoms with E-state index in [2.05, 4.69) is 4.98 Å². The molecule has 0 bridgehead atoms. The fraction of sp³-hybridized carbons (Fsp3) is 0.250. The smallest absolute Gasteiger partial charge is 0.255 e. The van der Waals surface area contributed by atoms with Crippen LogP contribution < -0.4 is 5.56 Å². The fourth-order valence-electron chi connectivity index (χ4n) is 3.34. The number of benzene rings is 1. The van der Waals surface area contributed by atoms with Crippen LogP contribution in [0.5, 0.6) is 0 Å². The average Bonchev–Trinajstić information content (AvgIpc) is 3.15. The van der Waals surface area contributed by atoms with E-state index in [0.717, 1.165) is 21.8 Å². The lowest BCUT2D eigenvalue weighted by Gasteiger charge is -2.16. The van der Waals surface area contributed by atoms with Crippen molar-refractivity contribution in [1.29, 1.82) is 0 Å². The van der Waals surface area contributed by atoms with E-state index in [9.17, 15) is 22.7 Å². The second-order valence-corrected chi connectivity index (χ2v) is 10.2. The van der Waals surface area contributed by atoms with Crippen LogP contribution >= 0.6 is 11.3 Å². The highest BCUT2D eigenvalue weighted by Crippen LogP contribution is 2.34. The van der Waals surface area contributed by atoms with Crippen molar-refractivity contribution in [2.75, 3.05) is 0 Å². The maximum atomic E-state index is 14.4. The van der Waals surface area contributed by atoms with Gasteiger partial charge in [0.15, 0.2) is 9.84 Å². The van der Waals surface area contributed by atoms with Crippen molar-refractivity contribution in [3.63, 3.8) is 0 Å². The van der Waals surface area contributed by atoms with Gasteiger partial charge in [-0.2, -0.15) is 0 Å². The van der Waals surface area contributed by atoms with Crippen molar-refractivity contribution in [3.05, 3.63) is 69.2 Å². The Morgan fingerprint density at radius 2 is 2.07 bits per heavy atom. The van der Waals surface area contributed by atoms with E-state index in [1.54, 1.807) is 12.1 Å². The van der Waals surface area contributed by atoms with Gasteiger partial charge in [-0.25, -0.2) is 12.8 Å². The molecule has 1 unspecified atom stereocenters.